The number of nitrogens with one attached hydrogen (secondary N) is 1. The molecule has 1 aromatic carbocycles. The lowest BCUT2D eigenvalue weighted by Gasteiger charge is -2.49. The van der Waals surface area contributed by atoms with Gasteiger partial charge in [0.2, 0.25) is 0 Å². The van der Waals surface area contributed by atoms with Gasteiger partial charge in [-0.05, 0) is 36.8 Å². The van der Waals surface area contributed by atoms with Gasteiger partial charge < -0.3 is 10.4 Å². The number of aliphatic hydroxyl groups excluding tert-OH is 1. The zero-order chi connectivity index (χ0) is 11.6. The second-order valence-electron chi connectivity index (χ2n) is 5.34. The van der Waals surface area contributed by atoms with Crippen molar-refractivity contribution in [2.24, 2.45) is 11.8 Å². The summed E-state index contributed by atoms with van der Waals surface area (Å²) in [6.45, 7) is 4.74. The maximum atomic E-state index is 9.53. The molecule has 2 heteroatoms. The topological polar surface area (TPSA) is 32.3 Å². The van der Waals surface area contributed by atoms with E-state index in [9.17, 15) is 5.11 Å². The molecule has 0 saturated heterocycles. The monoisotopic (exact) mass is 219 g/mol. The molecule has 1 fully saturated rings. The van der Waals surface area contributed by atoms with Crippen LogP contribution in [0.15, 0.2) is 30.3 Å². The van der Waals surface area contributed by atoms with Crippen LogP contribution >= 0.6 is 0 Å². The highest BCUT2D eigenvalue weighted by Gasteiger charge is 2.44. The van der Waals surface area contributed by atoms with Gasteiger partial charge in [0, 0.05) is 5.69 Å². The molecule has 16 heavy (non-hydrogen) atoms. The van der Waals surface area contributed by atoms with E-state index in [2.05, 4.69) is 31.3 Å². The highest BCUT2D eigenvalue weighted by Crippen LogP contribution is 2.43. The Labute approximate surface area is 97.7 Å². The first kappa shape index (κ1) is 11.5. The van der Waals surface area contributed by atoms with E-state index in [0.717, 1.165) is 30.4 Å². The van der Waals surface area contributed by atoms with Crippen molar-refractivity contribution in [1.82, 2.24) is 0 Å². The van der Waals surface area contributed by atoms with E-state index in [1.165, 1.54) is 0 Å². The molecule has 1 saturated carbocycles. The maximum Gasteiger partial charge on any atom is 0.0661 e. The van der Waals surface area contributed by atoms with Crippen molar-refractivity contribution >= 4 is 5.69 Å². The van der Waals surface area contributed by atoms with Gasteiger partial charge in [0.25, 0.3) is 0 Å². The number of hydrogen-bond acceptors (Lipinski definition) is 2. The molecule has 1 aromatic rings. The van der Waals surface area contributed by atoms with Crippen LogP contribution in [-0.4, -0.2) is 17.3 Å². The summed E-state index contributed by atoms with van der Waals surface area (Å²) in [7, 11) is 0. The molecule has 0 amide bonds. The zero-order valence-corrected chi connectivity index (χ0v) is 10.1. The van der Waals surface area contributed by atoms with Gasteiger partial charge in [-0.1, -0.05) is 32.0 Å². The van der Waals surface area contributed by atoms with Crippen molar-refractivity contribution in [2.45, 2.75) is 32.2 Å². The Morgan fingerprint density at radius 1 is 1.31 bits per heavy atom. The first-order valence-electron chi connectivity index (χ1n) is 6.09. The van der Waals surface area contributed by atoms with Gasteiger partial charge in [0.1, 0.15) is 0 Å². The summed E-state index contributed by atoms with van der Waals surface area (Å²) in [6.07, 6.45) is 2.16. The molecule has 0 bridgehead atoms. The third-order valence-electron chi connectivity index (χ3n) is 3.73. The Balaban J connectivity index is 1.98. The van der Waals surface area contributed by atoms with E-state index in [0.29, 0.717) is 0 Å². The van der Waals surface area contributed by atoms with Gasteiger partial charge in [0.05, 0.1) is 12.1 Å². The standard InChI is InChI=1S/C14H21NO/c1-11(2)12-8-14(9-12,10-16)15-13-6-4-3-5-7-13/h3-7,11-12,15-16H,8-10H2,1-2H3. The smallest absolute Gasteiger partial charge is 0.0661 e. The fraction of sp³-hybridized carbons (Fsp3) is 0.571. The summed E-state index contributed by atoms with van der Waals surface area (Å²) in [5.74, 6) is 1.47. The van der Waals surface area contributed by atoms with Gasteiger partial charge in [-0.2, -0.15) is 0 Å². The average Bonchev–Trinajstić information content (AvgIpc) is 2.24. The minimum Gasteiger partial charge on any atom is -0.394 e. The lowest BCUT2D eigenvalue weighted by Crippen LogP contribution is -2.54. The molecule has 0 radical (unpaired) electrons. The molecule has 1 aliphatic rings. The number of benzene rings is 1. The first-order valence-corrected chi connectivity index (χ1v) is 6.09. The van der Waals surface area contributed by atoms with Crippen LogP contribution in [0.5, 0.6) is 0 Å². The van der Waals surface area contributed by atoms with Crippen LogP contribution in [0.4, 0.5) is 5.69 Å². The quantitative estimate of drug-likeness (QED) is 0.816. The predicted octanol–water partition coefficient (Wildman–Crippen LogP) is 2.90. The fourth-order valence-corrected chi connectivity index (χ4v) is 2.51. The third-order valence-corrected chi connectivity index (χ3v) is 3.73. The summed E-state index contributed by atoms with van der Waals surface area (Å²) in [6, 6.07) is 10.2. The Kier molecular flexibility index (Phi) is 3.20. The molecule has 1 aliphatic carbocycles. The van der Waals surface area contributed by atoms with Crippen molar-refractivity contribution in [3.05, 3.63) is 30.3 Å². The molecule has 2 rings (SSSR count). The van der Waals surface area contributed by atoms with Gasteiger partial charge in [-0.15, -0.1) is 0 Å². The van der Waals surface area contributed by atoms with Crippen molar-refractivity contribution in [3.8, 4) is 0 Å². The summed E-state index contributed by atoms with van der Waals surface area (Å²) >= 11 is 0. The SMILES string of the molecule is CC(C)C1CC(CO)(Nc2ccccc2)C1. The van der Waals surface area contributed by atoms with Crippen LogP contribution in [0.3, 0.4) is 0 Å². The van der Waals surface area contributed by atoms with Crippen molar-refractivity contribution in [1.29, 1.82) is 0 Å². The van der Waals surface area contributed by atoms with Gasteiger partial charge in [-0.25, -0.2) is 0 Å². The molecule has 88 valence electrons. The minimum absolute atomic E-state index is 0.0731. The zero-order valence-electron chi connectivity index (χ0n) is 10.1. The molecule has 2 N–H and O–H groups in total. The molecule has 0 heterocycles. The lowest BCUT2D eigenvalue weighted by atomic mass is 9.64. The third kappa shape index (κ3) is 2.22. The molecule has 2 nitrogen and oxygen atoms in total. The fourth-order valence-electron chi connectivity index (χ4n) is 2.51. The summed E-state index contributed by atoms with van der Waals surface area (Å²) < 4.78 is 0. The molecule has 0 aliphatic heterocycles. The normalized spacial score (nSPS) is 28.9. The van der Waals surface area contributed by atoms with E-state index < -0.39 is 0 Å². The predicted molar refractivity (Wildman–Crippen MR) is 67.4 cm³/mol. The Hall–Kier alpha value is -1.02. The molecule has 0 spiro atoms. The van der Waals surface area contributed by atoms with E-state index >= 15 is 0 Å². The Morgan fingerprint density at radius 2 is 1.94 bits per heavy atom. The van der Waals surface area contributed by atoms with Crippen LogP contribution in [-0.2, 0) is 0 Å². The van der Waals surface area contributed by atoms with Crippen molar-refractivity contribution < 1.29 is 5.11 Å². The Bertz CT molecular complexity index is 328. The van der Waals surface area contributed by atoms with Crippen LogP contribution in [0, 0.1) is 11.8 Å². The number of aliphatic hydroxyl groups is 1. The minimum atomic E-state index is -0.0731. The van der Waals surface area contributed by atoms with E-state index in [4.69, 9.17) is 0 Å². The largest absolute Gasteiger partial charge is 0.394 e. The number of para-hydroxylation sites is 1. The molecule has 0 atom stereocenters. The molecular formula is C14H21NO. The van der Waals surface area contributed by atoms with Crippen molar-refractivity contribution in [2.75, 3.05) is 11.9 Å². The second-order valence-corrected chi connectivity index (χ2v) is 5.34. The number of hydrogen-bond donors (Lipinski definition) is 2. The van der Waals surface area contributed by atoms with Crippen LogP contribution in [0.1, 0.15) is 26.7 Å². The van der Waals surface area contributed by atoms with E-state index in [-0.39, 0.29) is 12.1 Å². The Morgan fingerprint density at radius 3 is 2.44 bits per heavy atom. The maximum absolute atomic E-state index is 9.53. The molecule has 0 aromatic heterocycles. The van der Waals surface area contributed by atoms with Gasteiger partial charge in [-0.3, -0.25) is 0 Å². The molecular weight excluding hydrogens is 198 g/mol. The average molecular weight is 219 g/mol. The van der Waals surface area contributed by atoms with Gasteiger partial charge >= 0.3 is 0 Å². The molecule has 0 unspecified atom stereocenters. The van der Waals surface area contributed by atoms with E-state index in [1.807, 2.05) is 18.2 Å². The number of anilines is 1. The highest BCUT2D eigenvalue weighted by molar-refractivity contribution is 5.46. The first-order chi connectivity index (χ1) is 7.65. The van der Waals surface area contributed by atoms with Crippen LogP contribution < -0.4 is 5.32 Å². The second kappa shape index (κ2) is 4.46. The number of rotatable bonds is 4. The summed E-state index contributed by atoms with van der Waals surface area (Å²) in [4.78, 5) is 0. The van der Waals surface area contributed by atoms with Crippen LogP contribution in [0.2, 0.25) is 0 Å². The van der Waals surface area contributed by atoms with Gasteiger partial charge in [0.15, 0.2) is 0 Å². The summed E-state index contributed by atoms with van der Waals surface area (Å²) in [5, 5.41) is 13.0. The van der Waals surface area contributed by atoms with E-state index in [1.54, 1.807) is 0 Å². The lowest BCUT2D eigenvalue weighted by molar-refractivity contribution is 0.0648. The summed E-state index contributed by atoms with van der Waals surface area (Å²) in [5.41, 5.74) is 1.04. The van der Waals surface area contributed by atoms with Crippen molar-refractivity contribution in [3.63, 3.8) is 0 Å². The highest BCUT2D eigenvalue weighted by atomic mass is 16.3. The van der Waals surface area contributed by atoms with Crippen LogP contribution in [0.25, 0.3) is 0 Å².